The molecule has 0 saturated carbocycles. The van der Waals surface area contributed by atoms with Gasteiger partial charge in [-0.05, 0) is 18.8 Å². The topological polar surface area (TPSA) is 26.3 Å². The lowest BCUT2D eigenvalue weighted by Gasteiger charge is -2.10. The zero-order valence-electron chi connectivity index (χ0n) is 8.93. The van der Waals surface area contributed by atoms with E-state index in [1.807, 2.05) is 6.92 Å². The van der Waals surface area contributed by atoms with Crippen LogP contribution in [0.15, 0.2) is 12.2 Å². The second kappa shape index (κ2) is 6.70. The number of carbonyl (C=O) groups excluding carboxylic acids is 1. The van der Waals surface area contributed by atoms with Gasteiger partial charge in [0.2, 0.25) is 0 Å². The minimum absolute atomic E-state index is 0.245. The van der Waals surface area contributed by atoms with Gasteiger partial charge in [-0.2, -0.15) is 0 Å². The average molecular weight is 184 g/mol. The van der Waals surface area contributed by atoms with Crippen molar-refractivity contribution in [2.75, 3.05) is 6.61 Å². The Hall–Kier alpha value is -0.790. The van der Waals surface area contributed by atoms with Gasteiger partial charge in [-0.15, -0.1) is 0 Å². The first-order valence-electron chi connectivity index (χ1n) is 4.96. The Bertz CT molecular complexity index is 173. The summed E-state index contributed by atoms with van der Waals surface area (Å²) in [5, 5.41) is 0. The van der Waals surface area contributed by atoms with Crippen molar-refractivity contribution in [3.05, 3.63) is 12.2 Å². The Balaban J connectivity index is 3.63. The lowest BCUT2D eigenvalue weighted by atomic mass is 10.1. The van der Waals surface area contributed by atoms with Gasteiger partial charge in [0.25, 0.3) is 0 Å². The van der Waals surface area contributed by atoms with Crippen LogP contribution in [0.4, 0.5) is 0 Å². The van der Waals surface area contributed by atoms with Crippen LogP contribution in [-0.4, -0.2) is 12.6 Å². The summed E-state index contributed by atoms with van der Waals surface area (Å²) in [4.78, 5) is 11.2. The molecule has 0 aromatic carbocycles. The van der Waals surface area contributed by atoms with E-state index in [4.69, 9.17) is 4.74 Å². The molecule has 1 unspecified atom stereocenters. The quantitative estimate of drug-likeness (QED) is 0.468. The van der Waals surface area contributed by atoms with Gasteiger partial charge in [0, 0.05) is 5.57 Å². The molecule has 0 spiro atoms. The molecule has 0 aliphatic rings. The number of carbonyl (C=O) groups is 1. The molecular formula is C11H20O2. The van der Waals surface area contributed by atoms with E-state index >= 15 is 0 Å². The molecule has 76 valence electrons. The molecule has 0 heterocycles. The van der Waals surface area contributed by atoms with Gasteiger partial charge in [0.15, 0.2) is 0 Å². The maximum absolute atomic E-state index is 11.2. The van der Waals surface area contributed by atoms with E-state index in [0.29, 0.717) is 24.5 Å². The van der Waals surface area contributed by atoms with Crippen molar-refractivity contribution in [2.24, 2.45) is 5.92 Å². The summed E-state index contributed by atoms with van der Waals surface area (Å²) in [5.41, 5.74) is 0.559. The van der Waals surface area contributed by atoms with E-state index in [9.17, 15) is 4.79 Å². The molecule has 0 N–H and O–H groups in total. The number of esters is 1. The minimum Gasteiger partial charge on any atom is -0.462 e. The van der Waals surface area contributed by atoms with Crippen molar-refractivity contribution >= 4 is 5.97 Å². The van der Waals surface area contributed by atoms with Crippen LogP contribution >= 0.6 is 0 Å². The number of hydrogen-bond acceptors (Lipinski definition) is 2. The first-order valence-corrected chi connectivity index (χ1v) is 4.96. The van der Waals surface area contributed by atoms with Crippen molar-refractivity contribution in [3.63, 3.8) is 0 Å². The van der Waals surface area contributed by atoms with Crippen LogP contribution < -0.4 is 0 Å². The molecule has 2 heteroatoms. The van der Waals surface area contributed by atoms with Crippen LogP contribution in [0.2, 0.25) is 0 Å². The summed E-state index contributed by atoms with van der Waals surface area (Å²) in [6, 6.07) is 0. The van der Waals surface area contributed by atoms with Crippen molar-refractivity contribution < 1.29 is 9.53 Å². The van der Waals surface area contributed by atoms with Crippen molar-refractivity contribution in [3.8, 4) is 0 Å². The molecule has 1 atom stereocenters. The van der Waals surface area contributed by atoms with Gasteiger partial charge in [-0.25, -0.2) is 4.79 Å². The smallest absolute Gasteiger partial charge is 0.333 e. The van der Waals surface area contributed by atoms with E-state index < -0.39 is 0 Å². The van der Waals surface area contributed by atoms with E-state index in [-0.39, 0.29) is 5.97 Å². The van der Waals surface area contributed by atoms with Crippen LogP contribution in [0.25, 0.3) is 0 Å². The van der Waals surface area contributed by atoms with Crippen molar-refractivity contribution in [2.45, 2.75) is 40.0 Å². The average Bonchev–Trinajstić information content (AvgIpc) is 2.13. The first kappa shape index (κ1) is 12.2. The molecule has 0 fully saturated rings. The van der Waals surface area contributed by atoms with E-state index in [2.05, 4.69) is 20.4 Å². The minimum atomic E-state index is -0.245. The van der Waals surface area contributed by atoms with Gasteiger partial charge < -0.3 is 4.74 Å². The molecule has 0 aliphatic carbocycles. The fourth-order valence-corrected chi connectivity index (χ4v) is 1.04. The first-order chi connectivity index (χ1) is 6.11. The van der Waals surface area contributed by atoms with Crippen LogP contribution in [0.1, 0.15) is 40.0 Å². The predicted molar refractivity (Wildman–Crippen MR) is 54.5 cm³/mol. The molecule has 0 rings (SSSR count). The predicted octanol–water partition coefficient (Wildman–Crippen LogP) is 2.93. The van der Waals surface area contributed by atoms with Gasteiger partial charge in [0.1, 0.15) is 0 Å². The second-order valence-corrected chi connectivity index (χ2v) is 3.45. The van der Waals surface area contributed by atoms with Crippen molar-refractivity contribution in [1.29, 1.82) is 0 Å². The lowest BCUT2D eigenvalue weighted by molar-refractivity contribution is -0.140. The van der Waals surface area contributed by atoms with Gasteiger partial charge >= 0.3 is 5.97 Å². The fraction of sp³-hybridized carbons (Fsp3) is 0.727. The molecule has 0 bridgehead atoms. The Morgan fingerprint density at radius 2 is 2.08 bits per heavy atom. The number of rotatable bonds is 6. The molecule has 13 heavy (non-hydrogen) atoms. The monoisotopic (exact) mass is 184 g/mol. The molecular weight excluding hydrogens is 164 g/mol. The maximum atomic E-state index is 11.2. The van der Waals surface area contributed by atoms with Crippen molar-refractivity contribution in [1.82, 2.24) is 0 Å². The number of hydrogen-bond donors (Lipinski definition) is 0. The summed E-state index contributed by atoms with van der Waals surface area (Å²) in [6.07, 6.45) is 2.90. The molecule has 0 radical (unpaired) electrons. The Labute approximate surface area is 81.0 Å². The highest BCUT2D eigenvalue weighted by Gasteiger charge is 2.08. The summed E-state index contributed by atoms with van der Waals surface area (Å²) < 4.78 is 5.07. The fourth-order valence-electron chi connectivity index (χ4n) is 1.04. The zero-order chi connectivity index (χ0) is 10.3. The van der Waals surface area contributed by atoms with Crippen LogP contribution in [-0.2, 0) is 9.53 Å². The highest BCUT2D eigenvalue weighted by molar-refractivity contribution is 5.87. The van der Waals surface area contributed by atoms with Gasteiger partial charge in [-0.3, -0.25) is 0 Å². The Morgan fingerprint density at radius 3 is 2.54 bits per heavy atom. The third kappa shape index (κ3) is 5.45. The molecule has 0 aliphatic heterocycles. The zero-order valence-corrected chi connectivity index (χ0v) is 8.93. The van der Waals surface area contributed by atoms with Gasteiger partial charge in [-0.1, -0.05) is 33.8 Å². The SMILES string of the molecule is C=C(CC)C(=O)OCC(C)CCC. The molecule has 0 saturated heterocycles. The van der Waals surface area contributed by atoms with Crippen LogP contribution in [0, 0.1) is 5.92 Å². The Morgan fingerprint density at radius 1 is 1.46 bits per heavy atom. The summed E-state index contributed by atoms with van der Waals surface area (Å²) in [6.45, 7) is 10.3. The third-order valence-corrected chi connectivity index (χ3v) is 2.00. The van der Waals surface area contributed by atoms with E-state index in [1.54, 1.807) is 0 Å². The summed E-state index contributed by atoms with van der Waals surface area (Å²) in [5.74, 6) is 0.212. The summed E-state index contributed by atoms with van der Waals surface area (Å²) >= 11 is 0. The normalized spacial score (nSPS) is 12.2. The molecule has 0 amide bonds. The van der Waals surface area contributed by atoms with Crippen LogP contribution in [0.3, 0.4) is 0 Å². The molecule has 0 aromatic heterocycles. The third-order valence-electron chi connectivity index (χ3n) is 2.00. The van der Waals surface area contributed by atoms with E-state index in [0.717, 1.165) is 12.8 Å². The highest BCUT2D eigenvalue weighted by atomic mass is 16.5. The van der Waals surface area contributed by atoms with Crippen LogP contribution in [0.5, 0.6) is 0 Å². The lowest BCUT2D eigenvalue weighted by Crippen LogP contribution is -2.12. The standard InChI is InChI=1S/C11H20O2/c1-5-7-9(3)8-13-11(12)10(4)6-2/h9H,4-8H2,1-3H3. The summed E-state index contributed by atoms with van der Waals surface area (Å²) in [7, 11) is 0. The largest absolute Gasteiger partial charge is 0.462 e. The number of ether oxygens (including phenoxy) is 1. The highest BCUT2D eigenvalue weighted by Crippen LogP contribution is 2.07. The second-order valence-electron chi connectivity index (χ2n) is 3.45. The van der Waals surface area contributed by atoms with E-state index in [1.165, 1.54) is 0 Å². The molecule has 2 nitrogen and oxygen atoms in total. The molecule has 0 aromatic rings. The maximum Gasteiger partial charge on any atom is 0.333 e. The van der Waals surface area contributed by atoms with Gasteiger partial charge in [0.05, 0.1) is 6.61 Å². The Kier molecular flexibility index (Phi) is 6.29.